The van der Waals surface area contributed by atoms with Crippen molar-refractivity contribution in [3.8, 4) is 0 Å². The lowest BCUT2D eigenvalue weighted by Crippen LogP contribution is -2.39. The van der Waals surface area contributed by atoms with Crippen LogP contribution in [0, 0.1) is 5.82 Å². The van der Waals surface area contributed by atoms with E-state index in [2.05, 4.69) is 10.3 Å². The van der Waals surface area contributed by atoms with Crippen LogP contribution in [0.1, 0.15) is 11.1 Å². The maximum atomic E-state index is 12.8. The minimum atomic E-state index is -0.342. The van der Waals surface area contributed by atoms with E-state index in [1.54, 1.807) is 36.5 Å². The first-order valence-electron chi connectivity index (χ1n) is 7.68. The molecule has 5 nitrogen and oxygen atoms in total. The first-order valence-corrected chi connectivity index (χ1v) is 7.68. The number of rotatable bonds is 7. The molecule has 0 fully saturated rings. The second-order valence-corrected chi connectivity index (χ2v) is 5.50. The molecule has 0 saturated heterocycles. The molecule has 1 heterocycles. The van der Waals surface area contributed by atoms with E-state index in [4.69, 9.17) is 0 Å². The fraction of sp³-hybridized carbons (Fsp3) is 0.278. The number of carbonyl (C=O) groups is 2. The van der Waals surface area contributed by atoms with Crippen LogP contribution >= 0.6 is 0 Å². The number of hydrogen-bond donors (Lipinski definition) is 1. The minimum absolute atomic E-state index is 0.0487. The smallest absolute Gasteiger partial charge is 0.241 e. The number of hydrogen-bond acceptors (Lipinski definition) is 3. The summed E-state index contributed by atoms with van der Waals surface area (Å²) in [7, 11) is 1.70. The van der Waals surface area contributed by atoms with Gasteiger partial charge in [0.05, 0.1) is 13.0 Å². The van der Waals surface area contributed by atoms with Crippen LogP contribution in [0.3, 0.4) is 0 Å². The zero-order valence-corrected chi connectivity index (χ0v) is 13.5. The SMILES string of the molecule is CN(CCc1ccncc1)C(=O)CNC(=O)Cc1ccc(F)cc1. The van der Waals surface area contributed by atoms with Crippen molar-refractivity contribution in [1.82, 2.24) is 15.2 Å². The summed E-state index contributed by atoms with van der Waals surface area (Å²) in [5.74, 6) is -0.765. The summed E-state index contributed by atoms with van der Waals surface area (Å²) in [6, 6.07) is 9.53. The van der Waals surface area contributed by atoms with E-state index in [0.717, 1.165) is 12.0 Å². The van der Waals surface area contributed by atoms with Gasteiger partial charge < -0.3 is 10.2 Å². The van der Waals surface area contributed by atoms with Crippen LogP contribution in [0.2, 0.25) is 0 Å². The summed E-state index contributed by atoms with van der Waals surface area (Å²) >= 11 is 0. The Bertz CT molecular complexity index is 674. The van der Waals surface area contributed by atoms with E-state index in [0.29, 0.717) is 12.1 Å². The van der Waals surface area contributed by atoms with E-state index >= 15 is 0 Å². The molecule has 0 aliphatic rings. The predicted octanol–water partition coefficient (Wildman–Crippen LogP) is 1.58. The van der Waals surface area contributed by atoms with Crippen LogP contribution < -0.4 is 5.32 Å². The van der Waals surface area contributed by atoms with Gasteiger partial charge in [-0.1, -0.05) is 12.1 Å². The molecule has 1 aromatic heterocycles. The molecule has 126 valence electrons. The van der Waals surface area contributed by atoms with Crippen molar-refractivity contribution < 1.29 is 14.0 Å². The van der Waals surface area contributed by atoms with Crippen molar-refractivity contribution in [3.63, 3.8) is 0 Å². The van der Waals surface area contributed by atoms with Gasteiger partial charge in [-0.25, -0.2) is 4.39 Å². The van der Waals surface area contributed by atoms with Gasteiger partial charge in [0.2, 0.25) is 11.8 Å². The van der Waals surface area contributed by atoms with Crippen LogP contribution in [-0.2, 0) is 22.4 Å². The lowest BCUT2D eigenvalue weighted by molar-refractivity contribution is -0.131. The van der Waals surface area contributed by atoms with Gasteiger partial charge in [-0.05, 0) is 41.8 Å². The second kappa shape index (κ2) is 8.76. The number of likely N-dealkylation sites (N-methyl/N-ethyl adjacent to an activating group) is 1. The van der Waals surface area contributed by atoms with Crippen molar-refractivity contribution in [2.24, 2.45) is 0 Å². The van der Waals surface area contributed by atoms with Crippen LogP contribution in [-0.4, -0.2) is 41.8 Å². The molecule has 0 aliphatic carbocycles. The average molecular weight is 329 g/mol. The third kappa shape index (κ3) is 5.79. The zero-order chi connectivity index (χ0) is 17.4. The van der Waals surface area contributed by atoms with Crippen LogP contribution in [0.4, 0.5) is 4.39 Å². The molecule has 0 saturated carbocycles. The van der Waals surface area contributed by atoms with Crippen molar-refractivity contribution in [2.75, 3.05) is 20.1 Å². The minimum Gasteiger partial charge on any atom is -0.347 e. The first-order chi connectivity index (χ1) is 11.5. The molecule has 2 amide bonds. The number of amides is 2. The molecule has 2 aromatic rings. The van der Waals surface area contributed by atoms with Crippen molar-refractivity contribution in [3.05, 3.63) is 65.7 Å². The van der Waals surface area contributed by atoms with E-state index in [1.807, 2.05) is 12.1 Å². The molecule has 0 spiro atoms. The van der Waals surface area contributed by atoms with Gasteiger partial charge in [-0.15, -0.1) is 0 Å². The van der Waals surface area contributed by atoms with Gasteiger partial charge in [0.15, 0.2) is 0 Å². The van der Waals surface area contributed by atoms with Crippen LogP contribution in [0.5, 0.6) is 0 Å². The fourth-order valence-corrected chi connectivity index (χ4v) is 2.13. The molecule has 0 atom stereocenters. The van der Waals surface area contributed by atoms with Gasteiger partial charge in [-0.2, -0.15) is 0 Å². The lowest BCUT2D eigenvalue weighted by Gasteiger charge is -2.17. The Morgan fingerprint density at radius 1 is 1.08 bits per heavy atom. The van der Waals surface area contributed by atoms with E-state index in [9.17, 15) is 14.0 Å². The Balaban J connectivity index is 1.71. The fourth-order valence-electron chi connectivity index (χ4n) is 2.13. The molecule has 6 heteroatoms. The van der Waals surface area contributed by atoms with Gasteiger partial charge >= 0.3 is 0 Å². The van der Waals surface area contributed by atoms with Crippen molar-refractivity contribution in [2.45, 2.75) is 12.8 Å². The normalized spacial score (nSPS) is 10.2. The van der Waals surface area contributed by atoms with Gasteiger partial charge in [0, 0.05) is 26.0 Å². The Kier molecular flexibility index (Phi) is 6.42. The molecule has 24 heavy (non-hydrogen) atoms. The number of aromatic nitrogens is 1. The molecule has 0 radical (unpaired) electrons. The van der Waals surface area contributed by atoms with Gasteiger partial charge in [-0.3, -0.25) is 14.6 Å². The summed E-state index contributed by atoms with van der Waals surface area (Å²) in [4.78, 5) is 29.4. The van der Waals surface area contributed by atoms with Crippen molar-refractivity contribution in [1.29, 1.82) is 0 Å². The maximum absolute atomic E-state index is 12.8. The lowest BCUT2D eigenvalue weighted by atomic mass is 10.1. The number of benzene rings is 1. The number of pyridine rings is 1. The average Bonchev–Trinajstić information content (AvgIpc) is 2.60. The highest BCUT2D eigenvalue weighted by Gasteiger charge is 2.11. The quantitative estimate of drug-likeness (QED) is 0.839. The Labute approximate surface area is 140 Å². The molecule has 1 aromatic carbocycles. The topological polar surface area (TPSA) is 62.3 Å². The molecular formula is C18H20FN3O2. The van der Waals surface area contributed by atoms with Crippen molar-refractivity contribution >= 4 is 11.8 Å². The van der Waals surface area contributed by atoms with Gasteiger partial charge in [0.25, 0.3) is 0 Å². The third-order valence-corrected chi connectivity index (χ3v) is 3.63. The van der Waals surface area contributed by atoms with Crippen LogP contribution in [0.15, 0.2) is 48.8 Å². The predicted molar refractivity (Wildman–Crippen MR) is 88.7 cm³/mol. The highest BCUT2D eigenvalue weighted by Crippen LogP contribution is 2.03. The summed E-state index contributed by atoms with van der Waals surface area (Å²) in [5, 5.41) is 2.59. The van der Waals surface area contributed by atoms with E-state index in [-0.39, 0.29) is 30.6 Å². The van der Waals surface area contributed by atoms with E-state index < -0.39 is 0 Å². The maximum Gasteiger partial charge on any atom is 0.241 e. The highest BCUT2D eigenvalue weighted by molar-refractivity contribution is 5.85. The molecular weight excluding hydrogens is 309 g/mol. The Morgan fingerprint density at radius 3 is 2.42 bits per heavy atom. The molecule has 0 aliphatic heterocycles. The number of nitrogens with one attached hydrogen (secondary N) is 1. The summed E-state index contributed by atoms with van der Waals surface area (Å²) < 4.78 is 12.8. The third-order valence-electron chi connectivity index (χ3n) is 3.63. The number of halogens is 1. The standard InChI is InChI=1S/C18H20FN3O2/c1-22(11-8-14-6-9-20-10-7-14)18(24)13-21-17(23)12-15-2-4-16(19)5-3-15/h2-7,9-10H,8,11-13H2,1H3,(H,21,23). The highest BCUT2D eigenvalue weighted by atomic mass is 19.1. The number of carbonyl (C=O) groups excluding carboxylic acids is 2. The monoisotopic (exact) mass is 329 g/mol. The van der Waals surface area contributed by atoms with Crippen LogP contribution in [0.25, 0.3) is 0 Å². The van der Waals surface area contributed by atoms with Gasteiger partial charge in [0.1, 0.15) is 5.82 Å². The Hall–Kier alpha value is -2.76. The largest absolute Gasteiger partial charge is 0.347 e. The number of nitrogens with zero attached hydrogens (tertiary/aromatic N) is 2. The molecule has 2 rings (SSSR count). The second-order valence-electron chi connectivity index (χ2n) is 5.50. The molecule has 1 N–H and O–H groups in total. The summed E-state index contributed by atoms with van der Waals surface area (Å²) in [5.41, 5.74) is 1.80. The molecule has 0 bridgehead atoms. The zero-order valence-electron chi connectivity index (χ0n) is 13.5. The summed E-state index contributed by atoms with van der Waals surface area (Å²) in [6.07, 6.45) is 4.28. The molecule has 0 unspecified atom stereocenters. The summed E-state index contributed by atoms with van der Waals surface area (Å²) in [6.45, 7) is 0.517. The van der Waals surface area contributed by atoms with E-state index in [1.165, 1.54) is 12.1 Å². The first kappa shape index (κ1) is 17.6. The Morgan fingerprint density at radius 2 is 1.75 bits per heavy atom.